The van der Waals surface area contributed by atoms with Gasteiger partial charge in [0.15, 0.2) is 0 Å². The topological polar surface area (TPSA) is 53.6 Å². The number of H-pyrrole nitrogens is 1. The Morgan fingerprint density at radius 3 is 3.12 bits per heavy atom. The second kappa shape index (κ2) is 5.77. The summed E-state index contributed by atoms with van der Waals surface area (Å²) in [7, 11) is 0. The van der Waals surface area contributed by atoms with Crippen LogP contribution in [0.5, 0.6) is 0 Å². The van der Waals surface area contributed by atoms with Gasteiger partial charge in [-0.15, -0.1) is 11.3 Å². The maximum atomic E-state index is 4.52. The van der Waals surface area contributed by atoms with Crippen molar-refractivity contribution in [3.05, 3.63) is 34.0 Å². The van der Waals surface area contributed by atoms with Crippen molar-refractivity contribution in [3.63, 3.8) is 0 Å². The minimum Gasteiger partial charge on any atom is -0.311 e. The summed E-state index contributed by atoms with van der Waals surface area (Å²) in [4.78, 5) is 4.52. The average molecular weight is 236 g/mol. The van der Waals surface area contributed by atoms with Crippen LogP contribution in [0.15, 0.2) is 17.6 Å². The van der Waals surface area contributed by atoms with Crippen LogP contribution in [0.1, 0.15) is 23.3 Å². The Morgan fingerprint density at radius 1 is 1.50 bits per heavy atom. The molecule has 16 heavy (non-hydrogen) atoms. The highest BCUT2D eigenvalue weighted by Crippen LogP contribution is 2.10. The quantitative estimate of drug-likeness (QED) is 0.751. The maximum absolute atomic E-state index is 4.52. The van der Waals surface area contributed by atoms with E-state index in [9.17, 15) is 0 Å². The van der Waals surface area contributed by atoms with Crippen LogP contribution in [0.25, 0.3) is 0 Å². The number of hydrogen-bond acceptors (Lipinski definition) is 4. The molecule has 0 saturated carbocycles. The van der Waals surface area contributed by atoms with Gasteiger partial charge < -0.3 is 5.32 Å². The van der Waals surface area contributed by atoms with E-state index in [1.54, 1.807) is 17.5 Å². The summed E-state index contributed by atoms with van der Waals surface area (Å²) >= 11 is 1.75. The lowest BCUT2D eigenvalue weighted by atomic mass is 10.3. The van der Waals surface area contributed by atoms with E-state index in [4.69, 9.17) is 0 Å². The monoisotopic (exact) mass is 236 g/mol. The highest BCUT2D eigenvalue weighted by atomic mass is 32.1. The van der Waals surface area contributed by atoms with Crippen molar-refractivity contribution >= 4 is 11.3 Å². The van der Waals surface area contributed by atoms with Gasteiger partial charge in [0, 0.05) is 36.8 Å². The highest BCUT2D eigenvalue weighted by Gasteiger charge is 1.99. The summed E-state index contributed by atoms with van der Waals surface area (Å²) in [6, 6.07) is 1.98. The molecular weight excluding hydrogens is 220 g/mol. The molecule has 0 atom stereocenters. The molecule has 0 aliphatic carbocycles. The smallest absolute Gasteiger partial charge is 0.0925 e. The zero-order valence-electron chi connectivity index (χ0n) is 9.36. The van der Waals surface area contributed by atoms with E-state index in [0.29, 0.717) is 0 Å². The first-order chi connectivity index (χ1) is 7.88. The Kier molecular flexibility index (Phi) is 4.07. The lowest BCUT2D eigenvalue weighted by Crippen LogP contribution is -2.17. The molecule has 0 aromatic carbocycles. The van der Waals surface area contributed by atoms with E-state index in [1.165, 1.54) is 10.7 Å². The fraction of sp³-hybridized carbons (Fsp3) is 0.455. The van der Waals surface area contributed by atoms with Gasteiger partial charge in [0.05, 0.1) is 10.7 Å². The van der Waals surface area contributed by atoms with Gasteiger partial charge in [-0.25, -0.2) is 4.98 Å². The second-order valence-electron chi connectivity index (χ2n) is 3.59. The van der Waals surface area contributed by atoms with E-state index in [0.717, 1.165) is 31.6 Å². The summed E-state index contributed by atoms with van der Waals surface area (Å²) in [5.74, 6) is 0. The molecule has 4 nitrogen and oxygen atoms in total. The summed E-state index contributed by atoms with van der Waals surface area (Å²) in [6.45, 7) is 3.93. The third kappa shape index (κ3) is 3.15. The molecule has 0 fully saturated rings. The Bertz CT molecular complexity index is 407. The van der Waals surface area contributed by atoms with Gasteiger partial charge in [-0.3, -0.25) is 5.10 Å². The Balaban J connectivity index is 1.68. The van der Waals surface area contributed by atoms with Gasteiger partial charge in [-0.1, -0.05) is 6.92 Å². The Morgan fingerprint density at radius 2 is 2.44 bits per heavy atom. The van der Waals surface area contributed by atoms with Gasteiger partial charge in [0.25, 0.3) is 0 Å². The van der Waals surface area contributed by atoms with Crippen LogP contribution in [0.2, 0.25) is 0 Å². The summed E-state index contributed by atoms with van der Waals surface area (Å²) in [6.07, 6.45) is 3.79. The zero-order valence-corrected chi connectivity index (χ0v) is 10.2. The number of hydrogen-bond donors (Lipinski definition) is 2. The van der Waals surface area contributed by atoms with Crippen molar-refractivity contribution in [2.24, 2.45) is 0 Å². The molecule has 0 aliphatic rings. The number of aromatic nitrogens is 3. The first-order valence-corrected chi connectivity index (χ1v) is 6.38. The minimum atomic E-state index is 0.838. The van der Waals surface area contributed by atoms with Crippen LogP contribution in [0, 0.1) is 0 Å². The lowest BCUT2D eigenvalue weighted by molar-refractivity contribution is 0.667. The minimum absolute atomic E-state index is 0.838. The van der Waals surface area contributed by atoms with Crippen LogP contribution in [0.4, 0.5) is 0 Å². The van der Waals surface area contributed by atoms with E-state index in [2.05, 4.69) is 32.8 Å². The van der Waals surface area contributed by atoms with Gasteiger partial charge >= 0.3 is 0 Å². The first kappa shape index (κ1) is 11.3. The zero-order chi connectivity index (χ0) is 11.2. The highest BCUT2D eigenvalue weighted by molar-refractivity contribution is 7.09. The first-order valence-electron chi connectivity index (χ1n) is 5.50. The average Bonchev–Trinajstić information content (AvgIpc) is 2.95. The van der Waals surface area contributed by atoms with Crippen molar-refractivity contribution in [1.29, 1.82) is 0 Å². The fourth-order valence-corrected chi connectivity index (χ4v) is 2.23. The third-order valence-corrected chi connectivity index (χ3v) is 3.38. The summed E-state index contributed by atoms with van der Waals surface area (Å²) in [5, 5.41) is 13.6. The molecule has 2 rings (SSSR count). The van der Waals surface area contributed by atoms with Crippen LogP contribution in [-0.2, 0) is 19.4 Å². The molecule has 0 radical (unpaired) electrons. The standard InChI is InChI=1S/C11H16N4S/c1-2-11-14-10(8-16-11)3-5-12-7-9-4-6-13-15-9/h4,6,8,12H,2-3,5,7H2,1H3,(H,13,15). The van der Waals surface area contributed by atoms with Gasteiger partial charge in [0.1, 0.15) is 0 Å². The van der Waals surface area contributed by atoms with E-state index in [1.807, 2.05) is 6.07 Å². The maximum Gasteiger partial charge on any atom is 0.0925 e. The SMILES string of the molecule is CCc1nc(CCNCc2ccn[nH]2)cs1. The lowest BCUT2D eigenvalue weighted by Gasteiger charge is -2.00. The molecule has 0 spiro atoms. The molecule has 2 heterocycles. The molecule has 0 saturated heterocycles. The van der Waals surface area contributed by atoms with Crippen LogP contribution in [-0.4, -0.2) is 21.7 Å². The summed E-state index contributed by atoms with van der Waals surface area (Å²) in [5.41, 5.74) is 2.31. The summed E-state index contributed by atoms with van der Waals surface area (Å²) < 4.78 is 0. The number of aromatic amines is 1. The van der Waals surface area contributed by atoms with Crippen molar-refractivity contribution in [3.8, 4) is 0 Å². The van der Waals surface area contributed by atoms with Crippen molar-refractivity contribution in [2.75, 3.05) is 6.54 Å². The van der Waals surface area contributed by atoms with Gasteiger partial charge in [-0.05, 0) is 12.5 Å². The molecule has 2 aromatic rings. The van der Waals surface area contributed by atoms with Crippen LogP contribution in [0.3, 0.4) is 0 Å². The number of nitrogens with one attached hydrogen (secondary N) is 2. The number of aryl methyl sites for hydroxylation is 1. The normalized spacial score (nSPS) is 10.8. The van der Waals surface area contributed by atoms with Gasteiger partial charge in [0.2, 0.25) is 0 Å². The number of nitrogens with zero attached hydrogens (tertiary/aromatic N) is 2. The molecular formula is C11H16N4S. The number of rotatable bonds is 6. The molecule has 2 aromatic heterocycles. The van der Waals surface area contributed by atoms with Gasteiger partial charge in [-0.2, -0.15) is 5.10 Å². The van der Waals surface area contributed by atoms with Crippen LogP contribution >= 0.6 is 11.3 Å². The molecule has 86 valence electrons. The van der Waals surface area contributed by atoms with E-state index >= 15 is 0 Å². The predicted molar refractivity (Wildman–Crippen MR) is 65.5 cm³/mol. The van der Waals surface area contributed by atoms with E-state index < -0.39 is 0 Å². The van der Waals surface area contributed by atoms with Crippen molar-refractivity contribution in [2.45, 2.75) is 26.3 Å². The molecule has 0 unspecified atom stereocenters. The molecule has 2 N–H and O–H groups in total. The van der Waals surface area contributed by atoms with Crippen LogP contribution < -0.4 is 5.32 Å². The second-order valence-corrected chi connectivity index (χ2v) is 4.54. The Hall–Kier alpha value is -1.20. The molecule has 5 heteroatoms. The molecule has 0 amide bonds. The number of thiazole rings is 1. The van der Waals surface area contributed by atoms with E-state index in [-0.39, 0.29) is 0 Å². The van der Waals surface area contributed by atoms with Crippen molar-refractivity contribution < 1.29 is 0 Å². The Labute approximate surface area is 99.1 Å². The largest absolute Gasteiger partial charge is 0.311 e. The van der Waals surface area contributed by atoms with Crippen molar-refractivity contribution in [1.82, 2.24) is 20.5 Å². The third-order valence-electron chi connectivity index (χ3n) is 2.33. The molecule has 0 aliphatic heterocycles. The predicted octanol–water partition coefficient (Wildman–Crippen LogP) is 1.76. The fourth-order valence-electron chi connectivity index (χ4n) is 1.45. The molecule has 0 bridgehead atoms.